The minimum Gasteiger partial charge on any atom is -0.360 e. The van der Waals surface area contributed by atoms with E-state index < -0.39 is 35.3 Å². The highest BCUT2D eigenvalue weighted by atomic mass is 79.9. The third-order valence-electron chi connectivity index (χ3n) is 21.3. The first kappa shape index (κ1) is 110. The van der Waals surface area contributed by atoms with Crippen molar-refractivity contribution in [1.82, 2.24) is 4.98 Å². The molecule has 14 aromatic rings. The molecule has 0 spiro atoms. The lowest BCUT2D eigenvalue weighted by atomic mass is 9.83. The van der Waals surface area contributed by atoms with E-state index in [1.54, 1.807) is 201 Å². The molecule has 21 nitrogen and oxygen atoms in total. The number of aromatic amines is 1. The van der Waals surface area contributed by atoms with Gasteiger partial charge in [-0.1, -0.05) is 284 Å². The molecule has 28 heteroatoms. The number of hydrogen-bond acceptors (Lipinski definition) is 26. The van der Waals surface area contributed by atoms with Gasteiger partial charge in [0.15, 0.2) is 11.4 Å². The third-order valence-corrected chi connectivity index (χ3v) is 27.4. The number of carbonyl (C=O) groups is 10. The van der Waals surface area contributed by atoms with Crippen molar-refractivity contribution in [3.8, 4) is 0 Å². The van der Waals surface area contributed by atoms with Gasteiger partial charge in [0.2, 0.25) is 28.9 Å². The number of alkyl halides is 1. The Morgan fingerprint density at radius 2 is 0.729 bits per heavy atom. The van der Waals surface area contributed by atoms with Crippen LogP contribution in [-0.2, 0) is 38.6 Å². The van der Waals surface area contributed by atoms with E-state index in [0.717, 1.165) is 97.5 Å². The fraction of sp³-hybridized carbons (Fsp3) is 0.164. The second-order valence-corrected chi connectivity index (χ2v) is 40.0. The molecule has 13 aromatic carbocycles. The second-order valence-electron chi connectivity index (χ2n) is 32.9. The van der Waals surface area contributed by atoms with Crippen LogP contribution in [0.25, 0.3) is 10.9 Å². The third kappa shape index (κ3) is 34.6. The van der Waals surface area contributed by atoms with Gasteiger partial charge in [-0.2, -0.15) is 0 Å². The number of carbonyl (C=O) groups excluding carboxylic acids is 10. The van der Waals surface area contributed by atoms with E-state index >= 15 is 0 Å². The number of allylic oxidation sites excluding steroid dienone is 1. The van der Waals surface area contributed by atoms with Crippen molar-refractivity contribution in [2.75, 3.05) is 17.8 Å². The standard InChI is InChI=1S/C27H25NO3S.C24H18N2O3S.C23H18BrNO3S.C22H25NO3S2.C20H19NO3S/c29-26(21-16-18-24(19-17-21)32-23-14-8-3-9-15-23)25(20-10-4-1-5-11-20)28-31-27(30)22-12-6-2-7-13-22;1-16(26-29-24(28)21-15-25-22-10-6-5-9-20(21)22)23(27)17-11-13-19(14-12-17)30-18-7-3-2-4-8-18;24-16-15-21(26)28-25-22(17-7-3-1-4-8-17)23(27)18-11-13-20(14-12-18)29-19-9-5-2-6-10-19;1-14-12-17(27-5)18(28-6)13-16(14)20(24)19(15-10-8-7-9-11-15)23-26-21(25)22(2,3)4;1-3-4-10-19(22)24-21-15(2)20(23)16-11-13-18(14-12-16)25-17-8-6-5-7-9-17/h2-3,6-9,12-20H,1,4-5,10-11H2;2-15,25H,1H3;1-14H,15-16H2;7-13H,1-6H3;3,5-9,11-14H,1,4,10H2,2H3/b28-25+;26-16+;25-22+;23-19+;21-15+. The number of hydrogen-bond donors (Lipinski definition) is 1. The number of aryl methyl sites for hydroxylation is 1. The predicted octanol–water partition coefficient (Wildman–Crippen LogP) is 28.8. The monoisotopic (exact) mass is 2090 g/mol. The van der Waals surface area contributed by atoms with Crippen LogP contribution >= 0.6 is 86.5 Å². The van der Waals surface area contributed by atoms with Gasteiger partial charge in [0, 0.05) is 116 Å². The Labute approximate surface area is 872 Å². The highest BCUT2D eigenvalue weighted by Gasteiger charge is 2.30. The largest absolute Gasteiger partial charge is 0.367 e. The molecule has 1 fully saturated rings. The Kier molecular flexibility index (Phi) is 44.2. The fourth-order valence-corrected chi connectivity index (χ4v) is 18.8. The number of aromatic nitrogens is 1. The first-order valence-electron chi connectivity index (χ1n) is 45.8. The average Bonchev–Trinajstić information content (AvgIpc) is 1.01. The molecule has 1 saturated carbocycles. The smallest absolute Gasteiger partial charge is 0.360 e. The number of fused-ring (bicyclic) bond motifs is 1. The molecular weight excluding hydrogens is 1990 g/mol. The molecule has 0 atom stereocenters. The highest BCUT2D eigenvalue weighted by molar-refractivity contribution is 9.09. The van der Waals surface area contributed by atoms with Crippen molar-refractivity contribution >= 4 is 185 Å². The number of halogens is 1. The van der Waals surface area contributed by atoms with Crippen LogP contribution in [-0.4, -0.2) is 110 Å². The number of ketones is 5. The van der Waals surface area contributed by atoms with Gasteiger partial charge in [0.1, 0.15) is 17.1 Å². The number of thioether (sulfide) groups is 2. The molecule has 0 amide bonds. The van der Waals surface area contributed by atoms with Crippen LogP contribution in [0.3, 0.4) is 0 Å². The summed E-state index contributed by atoms with van der Waals surface area (Å²) >= 11 is 12.9. The molecule has 0 radical (unpaired) electrons. The Morgan fingerprint density at radius 3 is 1.15 bits per heavy atom. The quantitative estimate of drug-likeness (QED) is 0.00734. The maximum absolute atomic E-state index is 13.4. The number of nitrogens with zero attached hydrogens (tertiary/aromatic N) is 5. The SMILES string of the molecule is C/C(=N\OC(=O)c1c[nH]c2ccccc12)C(=O)c1ccc(Sc2ccccc2)cc1.C=CCCC(=O)O/N=C(\C)C(=O)c1ccc(Sc2ccccc2)cc1.CSc1cc(C)c(C(=O)/C(=N/OC(=O)C(C)(C)C)c2ccccc2)cc1SC.O=C(CCBr)O/N=C(/C(=O)c1ccc(Sc2ccccc2)cc1)c1ccccc1.O=C(O/N=C(/C(=O)c1ccc(Sc2ccccc2)cc1)C1CCCCC1)c1ccccc1. The van der Waals surface area contributed by atoms with E-state index in [2.05, 4.69) is 65.4 Å². The maximum atomic E-state index is 13.4. The zero-order chi connectivity index (χ0) is 103. The normalized spacial score (nSPS) is 12.1. The highest BCUT2D eigenvalue weighted by Crippen LogP contribution is 2.36. The van der Waals surface area contributed by atoms with E-state index in [-0.39, 0.29) is 70.5 Å². The van der Waals surface area contributed by atoms with Gasteiger partial charge >= 0.3 is 29.8 Å². The minimum atomic E-state index is -0.712. The van der Waals surface area contributed by atoms with E-state index in [9.17, 15) is 47.9 Å². The van der Waals surface area contributed by atoms with Gasteiger partial charge in [0.25, 0.3) is 0 Å². The Hall–Kier alpha value is -14.2. The number of rotatable bonds is 35. The second kappa shape index (κ2) is 57.8. The summed E-state index contributed by atoms with van der Waals surface area (Å²) in [4.78, 5) is 163. The number of nitrogens with one attached hydrogen (secondary N) is 1. The molecule has 1 aromatic heterocycles. The summed E-state index contributed by atoms with van der Waals surface area (Å²) in [6.07, 6.45) is 13.1. The summed E-state index contributed by atoms with van der Waals surface area (Å²) in [5, 5.41) is 20.5. The van der Waals surface area contributed by atoms with Crippen molar-refractivity contribution in [1.29, 1.82) is 0 Å². The van der Waals surface area contributed by atoms with Gasteiger partial charge in [-0.05, 0) is 255 Å². The maximum Gasteiger partial charge on any atom is 0.367 e. The van der Waals surface area contributed by atoms with Crippen LogP contribution < -0.4 is 0 Å². The molecule has 732 valence electrons. The van der Waals surface area contributed by atoms with Gasteiger partial charge in [-0.3, -0.25) is 24.0 Å². The first-order valence-corrected chi connectivity index (χ1v) is 52.7. The van der Waals surface area contributed by atoms with Crippen LogP contribution in [0.2, 0.25) is 0 Å². The molecule has 15 rings (SSSR count). The van der Waals surface area contributed by atoms with Crippen LogP contribution in [0.15, 0.2) is 439 Å². The molecule has 1 heterocycles. The lowest BCUT2D eigenvalue weighted by Gasteiger charge is -2.22. The summed E-state index contributed by atoms with van der Waals surface area (Å²) in [7, 11) is 0. The zero-order valence-corrected chi connectivity index (χ0v) is 86.9. The van der Waals surface area contributed by atoms with Crippen molar-refractivity contribution < 1.29 is 72.1 Å². The van der Waals surface area contributed by atoms with E-state index in [1.807, 2.05) is 256 Å². The molecule has 1 N–H and O–H groups in total. The Balaban J connectivity index is 0.000000172. The van der Waals surface area contributed by atoms with Crippen molar-refractivity contribution in [2.45, 2.75) is 142 Å². The molecule has 0 bridgehead atoms. The molecule has 1 aliphatic carbocycles. The summed E-state index contributed by atoms with van der Waals surface area (Å²) in [5.41, 5.74) is 6.31. The van der Waals surface area contributed by atoms with Crippen LogP contribution in [0.4, 0.5) is 0 Å². The summed E-state index contributed by atoms with van der Waals surface area (Å²) in [5.74, 6) is -3.95. The fourth-order valence-electron chi connectivity index (χ4n) is 13.6. The lowest BCUT2D eigenvalue weighted by molar-refractivity contribution is -0.153. The molecule has 0 unspecified atom stereocenters. The zero-order valence-electron chi connectivity index (χ0n) is 80.4. The summed E-state index contributed by atoms with van der Waals surface area (Å²) < 4.78 is 0. The number of oxime groups is 5. The number of Topliss-reactive ketones (excluding diaryl/α,β-unsaturated/α-hetero) is 5. The van der Waals surface area contributed by atoms with Crippen molar-refractivity contribution in [2.24, 2.45) is 37.1 Å². The Bertz CT molecular complexity index is 6870. The van der Waals surface area contributed by atoms with Crippen molar-refractivity contribution in [3.05, 3.63) is 420 Å². The number of H-pyrrole nitrogens is 1. The number of para-hydroxylation sites is 1. The summed E-state index contributed by atoms with van der Waals surface area (Å²) in [6, 6.07) is 107. The lowest BCUT2D eigenvalue weighted by Crippen LogP contribution is -2.27. The first-order chi connectivity index (χ1) is 69.8. The van der Waals surface area contributed by atoms with Crippen molar-refractivity contribution in [3.63, 3.8) is 0 Å². The van der Waals surface area contributed by atoms with Gasteiger partial charge in [-0.15, -0.1) is 30.1 Å². The predicted molar refractivity (Wildman–Crippen MR) is 582 cm³/mol. The topological polar surface area (TPSA) is 294 Å². The molecular formula is C116H105BrN6O15S6. The van der Waals surface area contributed by atoms with Gasteiger partial charge in [-0.25, -0.2) is 24.0 Å². The van der Waals surface area contributed by atoms with E-state index in [1.165, 1.54) is 13.8 Å². The van der Waals surface area contributed by atoms with E-state index in [4.69, 9.17) is 24.2 Å². The van der Waals surface area contributed by atoms with Gasteiger partial charge in [0.05, 0.1) is 29.4 Å². The number of benzene rings is 13. The molecule has 0 saturated heterocycles. The average molecular weight is 2100 g/mol. The van der Waals surface area contributed by atoms with Crippen LogP contribution in [0.1, 0.15) is 175 Å². The molecule has 0 aliphatic heterocycles. The Morgan fingerprint density at radius 1 is 0.375 bits per heavy atom. The summed E-state index contributed by atoms with van der Waals surface area (Å²) in [6.45, 7) is 13.7. The minimum absolute atomic E-state index is 0.0122. The van der Waals surface area contributed by atoms with E-state index in [0.29, 0.717) is 67.5 Å². The molecule has 1 aliphatic rings. The van der Waals surface area contributed by atoms with Crippen LogP contribution in [0.5, 0.6) is 0 Å². The van der Waals surface area contributed by atoms with Gasteiger partial charge < -0.3 is 29.2 Å². The van der Waals surface area contributed by atoms with Crippen LogP contribution in [0, 0.1) is 18.3 Å². The molecule has 144 heavy (non-hydrogen) atoms.